The lowest BCUT2D eigenvalue weighted by Gasteiger charge is -1.97. The number of halogens is 2. The molecule has 0 atom stereocenters. The maximum absolute atomic E-state index is 5.93. The number of hydrogen-bond acceptors (Lipinski definition) is 1. The van der Waals surface area contributed by atoms with Gasteiger partial charge in [0, 0.05) is 23.3 Å². The molecule has 0 spiro atoms. The molecule has 0 heterocycles. The van der Waals surface area contributed by atoms with Crippen LogP contribution in [-0.2, 0) is 0 Å². The Labute approximate surface area is 88.4 Å². The molecule has 0 N–H and O–H groups in total. The van der Waals surface area contributed by atoms with Crippen LogP contribution in [0.1, 0.15) is 18.9 Å². The van der Waals surface area contributed by atoms with E-state index in [-0.39, 0.29) is 0 Å². The van der Waals surface area contributed by atoms with Gasteiger partial charge in [-0.1, -0.05) is 36.2 Å². The Balaban J connectivity index is 2.77. The summed E-state index contributed by atoms with van der Waals surface area (Å²) >= 11 is 11.7. The molecule has 0 aliphatic rings. The van der Waals surface area contributed by atoms with Crippen LogP contribution in [0.3, 0.4) is 0 Å². The zero-order chi connectivity index (χ0) is 9.68. The monoisotopic (exact) mass is 215 g/mol. The quantitative estimate of drug-likeness (QED) is 0.681. The predicted molar refractivity (Wildman–Crippen MR) is 59.2 cm³/mol. The van der Waals surface area contributed by atoms with E-state index in [1.165, 1.54) is 0 Å². The third kappa shape index (κ3) is 3.37. The number of benzene rings is 1. The van der Waals surface area contributed by atoms with E-state index in [2.05, 4.69) is 11.9 Å². The second kappa shape index (κ2) is 5.25. The molecule has 0 saturated heterocycles. The average Bonchev–Trinajstić information content (AvgIpc) is 2.09. The minimum Gasteiger partial charge on any atom is -0.293 e. The number of aliphatic imine (C=N–C) groups is 1. The molecule has 13 heavy (non-hydrogen) atoms. The van der Waals surface area contributed by atoms with E-state index in [1.54, 1.807) is 18.3 Å². The summed E-state index contributed by atoms with van der Waals surface area (Å²) < 4.78 is 0. The van der Waals surface area contributed by atoms with Crippen molar-refractivity contribution in [2.45, 2.75) is 13.3 Å². The van der Waals surface area contributed by atoms with E-state index in [0.29, 0.717) is 10.0 Å². The molecule has 0 amide bonds. The predicted octanol–water partition coefficient (Wildman–Crippen LogP) is 3.82. The number of nitrogens with zero attached hydrogens (tertiary/aromatic N) is 1. The fraction of sp³-hybridized carbons (Fsp3) is 0.300. The molecule has 0 bridgehead atoms. The normalized spacial score (nSPS) is 11.0. The Morgan fingerprint density at radius 2 is 2.15 bits per heavy atom. The fourth-order valence-electron chi connectivity index (χ4n) is 0.898. The Morgan fingerprint density at radius 1 is 1.38 bits per heavy atom. The van der Waals surface area contributed by atoms with E-state index in [0.717, 1.165) is 18.5 Å². The molecule has 0 unspecified atom stereocenters. The van der Waals surface area contributed by atoms with Gasteiger partial charge in [-0.3, -0.25) is 4.99 Å². The highest BCUT2D eigenvalue weighted by atomic mass is 35.5. The van der Waals surface area contributed by atoms with Gasteiger partial charge in [-0.15, -0.1) is 0 Å². The van der Waals surface area contributed by atoms with Crippen LogP contribution >= 0.6 is 23.2 Å². The minimum atomic E-state index is 0.646. The standard InChI is InChI=1S/C10H11Cl2N/c1-2-5-13-7-8-3-4-9(11)6-10(8)12/h3-4,6-7H,2,5H2,1H3. The van der Waals surface area contributed by atoms with Crippen molar-refractivity contribution in [1.29, 1.82) is 0 Å². The first-order valence-electron chi connectivity index (χ1n) is 4.19. The molecule has 0 aliphatic heterocycles. The molecule has 0 saturated carbocycles. The number of hydrogen-bond donors (Lipinski definition) is 0. The SMILES string of the molecule is CCCN=Cc1ccc(Cl)cc1Cl. The molecule has 1 aromatic rings. The maximum atomic E-state index is 5.93. The van der Waals surface area contributed by atoms with Gasteiger partial charge in [0.05, 0.1) is 5.02 Å². The van der Waals surface area contributed by atoms with Crippen molar-refractivity contribution in [2.75, 3.05) is 6.54 Å². The first-order chi connectivity index (χ1) is 6.24. The zero-order valence-electron chi connectivity index (χ0n) is 7.43. The molecule has 70 valence electrons. The Hall–Kier alpha value is -0.530. The Morgan fingerprint density at radius 3 is 2.77 bits per heavy atom. The smallest absolute Gasteiger partial charge is 0.0508 e. The van der Waals surface area contributed by atoms with Gasteiger partial charge in [0.1, 0.15) is 0 Å². The van der Waals surface area contributed by atoms with Crippen LogP contribution < -0.4 is 0 Å². The van der Waals surface area contributed by atoms with Crippen LogP contribution in [0.4, 0.5) is 0 Å². The minimum absolute atomic E-state index is 0.646. The zero-order valence-corrected chi connectivity index (χ0v) is 8.94. The van der Waals surface area contributed by atoms with Crippen molar-refractivity contribution in [3.05, 3.63) is 33.8 Å². The van der Waals surface area contributed by atoms with Crippen LogP contribution in [0.5, 0.6) is 0 Å². The van der Waals surface area contributed by atoms with Gasteiger partial charge in [-0.05, 0) is 18.6 Å². The van der Waals surface area contributed by atoms with Crippen molar-refractivity contribution in [3.63, 3.8) is 0 Å². The van der Waals surface area contributed by atoms with Crippen LogP contribution in [-0.4, -0.2) is 12.8 Å². The molecule has 0 fully saturated rings. The van der Waals surface area contributed by atoms with Gasteiger partial charge in [0.25, 0.3) is 0 Å². The van der Waals surface area contributed by atoms with Crippen molar-refractivity contribution >= 4 is 29.4 Å². The average molecular weight is 216 g/mol. The van der Waals surface area contributed by atoms with Gasteiger partial charge in [-0.2, -0.15) is 0 Å². The van der Waals surface area contributed by atoms with Crippen LogP contribution in [0.15, 0.2) is 23.2 Å². The first-order valence-corrected chi connectivity index (χ1v) is 4.94. The van der Waals surface area contributed by atoms with Crippen LogP contribution in [0, 0.1) is 0 Å². The first kappa shape index (κ1) is 10.6. The summed E-state index contributed by atoms with van der Waals surface area (Å²) in [5.41, 5.74) is 0.916. The molecule has 0 aliphatic carbocycles. The van der Waals surface area contributed by atoms with E-state index >= 15 is 0 Å². The number of rotatable bonds is 3. The summed E-state index contributed by atoms with van der Waals surface area (Å²) in [6.45, 7) is 2.92. The van der Waals surface area contributed by atoms with Gasteiger partial charge in [-0.25, -0.2) is 0 Å². The lowest BCUT2D eigenvalue weighted by atomic mass is 10.2. The highest BCUT2D eigenvalue weighted by Gasteiger charge is 1.96. The molecule has 1 nitrogen and oxygen atoms in total. The second-order valence-corrected chi connectivity index (χ2v) is 3.54. The Kier molecular flexibility index (Phi) is 4.26. The lowest BCUT2D eigenvalue weighted by Crippen LogP contribution is -1.84. The third-order valence-electron chi connectivity index (χ3n) is 1.55. The van der Waals surface area contributed by atoms with E-state index in [9.17, 15) is 0 Å². The van der Waals surface area contributed by atoms with Crippen LogP contribution in [0.25, 0.3) is 0 Å². The van der Waals surface area contributed by atoms with Gasteiger partial charge in [0.2, 0.25) is 0 Å². The van der Waals surface area contributed by atoms with Crippen molar-refractivity contribution in [3.8, 4) is 0 Å². The van der Waals surface area contributed by atoms with Crippen molar-refractivity contribution < 1.29 is 0 Å². The molecule has 3 heteroatoms. The van der Waals surface area contributed by atoms with E-state index < -0.39 is 0 Å². The molecular formula is C10H11Cl2N. The van der Waals surface area contributed by atoms with Gasteiger partial charge >= 0.3 is 0 Å². The summed E-state index contributed by atoms with van der Waals surface area (Å²) in [6, 6.07) is 5.39. The van der Waals surface area contributed by atoms with Gasteiger partial charge < -0.3 is 0 Å². The summed E-state index contributed by atoms with van der Waals surface area (Å²) in [7, 11) is 0. The third-order valence-corrected chi connectivity index (χ3v) is 2.11. The summed E-state index contributed by atoms with van der Waals surface area (Å²) in [4.78, 5) is 4.20. The van der Waals surface area contributed by atoms with Crippen molar-refractivity contribution in [2.24, 2.45) is 4.99 Å². The molecular weight excluding hydrogens is 205 g/mol. The lowest BCUT2D eigenvalue weighted by molar-refractivity contribution is 0.937. The molecule has 1 rings (SSSR count). The van der Waals surface area contributed by atoms with Crippen LogP contribution in [0.2, 0.25) is 10.0 Å². The molecule has 0 aromatic heterocycles. The largest absolute Gasteiger partial charge is 0.293 e. The highest BCUT2D eigenvalue weighted by molar-refractivity contribution is 6.36. The summed E-state index contributed by atoms with van der Waals surface area (Å²) in [5.74, 6) is 0. The fourth-order valence-corrected chi connectivity index (χ4v) is 1.36. The van der Waals surface area contributed by atoms with Crippen molar-refractivity contribution in [1.82, 2.24) is 0 Å². The second-order valence-electron chi connectivity index (χ2n) is 2.70. The summed E-state index contributed by atoms with van der Waals surface area (Å²) in [5, 5.41) is 1.30. The molecule has 1 aromatic carbocycles. The molecule has 0 radical (unpaired) electrons. The van der Waals surface area contributed by atoms with E-state index in [4.69, 9.17) is 23.2 Å². The van der Waals surface area contributed by atoms with Gasteiger partial charge in [0.15, 0.2) is 0 Å². The topological polar surface area (TPSA) is 12.4 Å². The highest BCUT2D eigenvalue weighted by Crippen LogP contribution is 2.19. The maximum Gasteiger partial charge on any atom is 0.0508 e. The Bertz CT molecular complexity index is 308. The summed E-state index contributed by atoms with van der Waals surface area (Å²) in [6.07, 6.45) is 2.82. The van der Waals surface area contributed by atoms with E-state index in [1.807, 2.05) is 6.07 Å².